The van der Waals surface area contributed by atoms with E-state index in [0.29, 0.717) is 38.5 Å². The number of piperazine rings is 1. The zero-order valence-electron chi connectivity index (χ0n) is 18.5. The quantitative estimate of drug-likeness (QED) is 0.582. The maximum atomic E-state index is 12.7. The van der Waals surface area contributed by atoms with Gasteiger partial charge in [-0.2, -0.15) is 0 Å². The van der Waals surface area contributed by atoms with Gasteiger partial charge in [0.25, 0.3) is 0 Å². The van der Waals surface area contributed by atoms with Gasteiger partial charge in [0.05, 0.1) is 17.8 Å². The first-order valence-electron chi connectivity index (χ1n) is 10.8. The summed E-state index contributed by atoms with van der Waals surface area (Å²) in [4.78, 5) is 34.7. The van der Waals surface area contributed by atoms with Crippen molar-refractivity contribution < 1.29 is 9.59 Å². The Balaban J connectivity index is 1.25. The molecule has 4 rings (SSSR count). The van der Waals surface area contributed by atoms with E-state index in [9.17, 15) is 9.59 Å². The van der Waals surface area contributed by atoms with Crippen LogP contribution in [0, 0.1) is 13.8 Å². The number of amides is 2. The number of carbonyl (C=O) groups is 2. The highest BCUT2D eigenvalue weighted by Crippen LogP contribution is 2.26. The van der Waals surface area contributed by atoms with E-state index in [1.165, 1.54) is 0 Å². The fourth-order valence-corrected chi connectivity index (χ4v) is 4.92. The third-order valence-corrected chi connectivity index (χ3v) is 6.86. The lowest BCUT2D eigenvalue weighted by molar-refractivity contribution is -0.130. The molecule has 1 saturated heterocycles. The van der Waals surface area contributed by atoms with Gasteiger partial charge >= 0.3 is 0 Å². The second kappa shape index (κ2) is 10.1. The number of anilines is 1. The summed E-state index contributed by atoms with van der Waals surface area (Å²) in [6.07, 6.45) is 1.79. The average Bonchev–Trinajstić information content (AvgIpc) is 2.80. The predicted octanol–water partition coefficient (Wildman–Crippen LogP) is 3.73. The van der Waals surface area contributed by atoms with Crippen LogP contribution in [0.2, 0.25) is 0 Å². The van der Waals surface area contributed by atoms with Crippen LogP contribution in [0.4, 0.5) is 5.69 Å². The van der Waals surface area contributed by atoms with Crippen LogP contribution in [0.1, 0.15) is 11.1 Å². The predicted molar refractivity (Wildman–Crippen MR) is 130 cm³/mol. The molecule has 166 valence electrons. The molecule has 0 aliphatic carbocycles. The lowest BCUT2D eigenvalue weighted by atomic mass is 10.1. The Morgan fingerprint density at radius 2 is 1.69 bits per heavy atom. The van der Waals surface area contributed by atoms with E-state index < -0.39 is 0 Å². The van der Waals surface area contributed by atoms with Gasteiger partial charge in [0.2, 0.25) is 11.8 Å². The number of thioether (sulfide) groups is 1. The van der Waals surface area contributed by atoms with E-state index in [4.69, 9.17) is 0 Å². The molecule has 1 aliphatic heterocycles. The van der Waals surface area contributed by atoms with Gasteiger partial charge in [0, 0.05) is 48.3 Å². The largest absolute Gasteiger partial charge is 0.339 e. The molecule has 0 radical (unpaired) electrons. The second-order valence-electron chi connectivity index (χ2n) is 8.09. The summed E-state index contributed by atoms with van der Waals surface area (Å²) in [7, 11) is 0. The number of carbonyl (C=O) groups excluding carboxylic acids is 2. The monoisotopic (exact) mass is 448 g/mol. The summed E-state index contributed by atoms with van der Waals surface area (Å²) < 4.78 is 0. The van der Waals surface area contributed by atoms with Crippen LogP contribution in [0.5, 0.6) is 0 Å². The molecule has 2 heterocycles. The van der Waals surface area contributed by atoms with E-state index in [1.54, 1.807) is 18.0 Å². The van der Waals surface area contributed by atoms with Gasteiger partial charge in [-0.25, -0.2) is 0 Å². The van der Waals surface area contributed by atoms with Crippen LogP contribution < -0.4 is 5.32 Å². The van der Waals surface area contributed by atoms with Crippen LogP contribution in [0.3, 0.4) is 0 Å². The van der Waals surface area contributed by atoms with Crippen LogP contribution in [-0.4, -0.2) is 65.1 Å². The Hall–Kier alpha value is -2.90. The van der Waals surface area contributed by atoms with E-state index in [2.05, 4.69) is 15.2 Å². The number of benzene rings is 2. The molecular formula is C25H28N4O2S. The molecule has 7 heteroatoms. The number of aromatic nitrogens is 1. The van der Waals surface area contributed by atoms with Gasteiger partial charge in [-0.1, -0.05) is 36.4 Å². The first-order chi connectivity index (χ1) is 15.5. The summed E-state index contributed by atoms with van der Waals surface area (Å²) in [5.41, 5.74) is 3.96. The minimum atomic E-state index is -0.0118. The number of pyridine rings is 1. The standard InChI is InChI=1S/C25H28N4O2S/c1-18-6-5-7-19(2)25(18)27-23(30)16-28-12-14-29(15-13-28)24(31)17-32-22-10-11-26-21-9-4-3-8-20(21)22/h3-11H,12-17H2,1-2H3,(H,27,30). The molecule has 1 fully saturated rings. The summed E-state index contributed by atoms with van der Waals surface area (Å²) in [5.74, 6) is 0.527. The molecule has 6 nitrogen and oxygen atoms in total. The Kier molecular flexibility index (Phi) is 7.07. The third kappa shape index (κ3) is 5.29. The van der Waals surface area contributed by atoms with Gasteiger partial charge < -0.3 is 10.2 Å². The first kappa shape index (κ1) is 22.3. The second-order valence-corrected chi connectivity index (χ2v) is 9.10. The first-order valence-corrected chi connectivity index (χ1v) is 11.8. The SMILES string of the molecule is Cc1cccc(C)c1NC(=O)CN1CCN(C(=O)CSc2ccnc3ccccc23)CC1. The topological polar surface area (TPSA) is 65.5 Å². The number of rotatable bonds is 6. The maximum Gasteiger partial charge on any atom is 0.238 e. The normalized spacial score (nSPS) is 14.5. The number of aryl methyl sites for hydroxylation is 2. The third-order valence-electron chi connectivity index (χ3n) is 5.80. The molecule has 0 saturated carbocycles. The molecule has 1 N–H and O–H groups in total. The number of hydrogen-bond acceptors (Lipinski definition) is 5. The highest BCUT2D eigenvalue weighted by Gasteiger charge is 2.23. The number of para-hydroxylation sites is 2. The summed E-state index contributed by atoms with van der Waals surface area (Å²) >= 11 is 1.56. The lowest BCUT2D eigenvalue weighted by Gasteiger charge is -2.34. The Bertz CT molecular complexity index is 1100. The number of nitrogens with one attached hydrogen (secondary N) is 1. The van der Waals surface area contributed by atoms with Crippen LogP contribution in [-0.2, 0) is 9.59 Å². The van der Waals surface area contributed by atoms with Crippen molar-refractivity contribution in [2.75, 3.05) is 43.8 Å². The van der Waals surface area contributed by atoms with Crippen LogP contribution >= 0.6 is 11.8 Å². The number of hydrogen-bond donors (Lipinski definition) is 1. The van der Waals surface area contributed by atoms with Crippen molar-refractivity contribution >= 4 is 40.2 Å². The van der Waals surface area contributed by atoms with Crippen molar-refractivity contribution in [1.29, 1.82) is 0 Å². The summed E-state index contributed by atoms with van der Waals surface area (Å²) in [6, 6.07) is 15.9. The van der Waals surface area contributed by atoms with E-state index in [0.717, 1.165) is 32.6 Å². The van der Waals surface area contributed by atoms with Crippen LogP contribution in [0.15, 0.2) is 59.6 Å². The fraction of sp³-hybridized carbons (Fsp3) is 0.320. The van der Waals surface area contributed by atoms with E-state index >= 15 is 0 Å². The van der Waals surface area contributed by atoms with Crippen molar-refractivity contribution in [3.63, 3.8) is 0 Å². The molecule has 1 aliphatic rings. The van der Waals surface area contributed by atoms with Crippen molar-refractivity contribution in [3.05, 3.63) is 65.9 Å². The summed E-state index contributed by atoms with van der Waals surface area (Å²) in [6.45, 7) is 7.04. The van der Waals surface area contributed by atoms with Gasteiger partial charge in [0.15, 0.2) is 0 Å². The lowest BCUT2D eigenvalue weighted by Crippen LogP contribution is -2.50. The van der Waals surface area contributed by atoms with Crippen molar-refractivity contribution in [3.8, 4) is 0 Å². The summed E-state index contributed by atoms with van der Waals surface area (Å²) in [5, 5.41) is 4.12. The molecule has 2 amide bonds. The van der Waals surface area contributed by atoms with Crippen molar-refractivity contribution in [2.45, 2.75) is 18.7 Å². The minimum Gasteiger partial charge on any atom is -0.339 e. The molecule has 0 bridgehead atoms. The number of nitrogens with zero attached hydrogens (tertiary/aromatic N) is 3. The Labute approximate surface area is 193 Å². The molecule has 0 unspecified atom stereocenters. The van der Waals surface area contributed by atoms with E-state index in [1.807, 2.05) is 67.3 Å². The highest BCUT2D eigenvalue weighted by molar-refractivity contribution is 8.00. The fourth-order valence-electron chi connectivity index (χ4n) is 3.98. The molecule has 2 aromatic carbocycles. The Morgan fingerprint density at radius 1 is 0.969 bits per heavy atom. The molecule has 0 atom stereocenters. The van der Waals surface area contributed by atoms with E-state index in [-0.39, 0.29) is 11.8 Å². The van der Waals surface area contributed by atoms with Crippen molar-refractivity contribution in [1.82, 2.24) is 14.8 Å². The van der Waals surface area contributed by atoms with Crippen molar-refractivity contribution in [2.24, 2.45) is 0 Å². The molecule has 32 heavy (non-hydrogen) atoms. The van der Waals surface area contributed by atoms with Gasteiger partial charge in [-0.3, -0.25) is 19.5 Å². The Morgan fingerprint density at radius 3 is 2.44 bits per heavy atom. The maximum absolute atomic E-state index is 12.7. The highest BCUT2D eigenvalue weighted by atomic mass is 32.2. The molecule has 3 aromatic rings. The molecule has 1 aromatic heterocycles. The number of fused-ring (bicyclic) bond motifs is 1. The van der Waals surface area contributed by atoms with Gasteiger partial charge in [-0.15, -0.1) is 11.8 Å². The molecular weight excluding hydrogens is 420 g/mol. The zero-order chi connectivity index (χ0) is 22.5. The minimum absolute atomic E-state index is 0.0118. The van der Waals surface area contributed by atoms with Gasteiger partial charge in [-0.05, 0) is 37.1 Å². The zero-order valence-corrected chi connectivity index (χ0v) is 19.3. The average molecular weight is 449 g/mol. The van der Waals surface area contributed by atoms with Gasteiger partial charge in [0.1, 0.15) is 0 Å². The van der Waals surface area contributed by atoms with Crippen LogP contribution in [0.25, 0.3) is 10.9 Å². The molecule has 0 spiro atoms. The smallest absolute Gasteiger partial charge is 0.238 e.